The molecule has 5 heteroatoms. The van der Waals surface area contributed by atoms with Crippen LogP contribution in [-0.4, -0.2) is 43.1 Å². The van der Waals surface area contributed by atoms with Gasteiger partial charge >= 0.3 is 6.03 Å². The molecule has 1 aliphatic rings. The fourth-order valence-electron chi connectivity index (χ4n) is 1.54. The normalized spacial score (nSPS) is 20.9. The second-order valence-electron chi connectivity index (χ2n) is 3.63. The van der Waals surface area contributed by atoms with Gasteiger partial charge in [-0.2, -0.15) is 0 Å². The maximum atomic E-state index is 11.7. The molecular formula is C10H18N2O3. The van der Waals surface area contributed by atoms with Crippen molar-refractivity contribution in [2.75, 3.05) is 20.3 Å². The molecular weight excluding hydrogens is 196 g/mol. The highest BCUT2D eigenvalue weighted by Gasteiger charge is 2.36. The minimum Gasteiger partial charge on any atom is -0.385 e. The smallest absolute Gasteiger partial charge is 0.324 e. The van der Waals surface area contributed by atoms with Crippen molar-refractivity contribution >= 4 is 11.9 Å². The maximum absolute atomic E-state index is 11.7. The number of amides is 3. The second kappa shape index (κ2) is 5.70. The standard InChI is InChI=1S/C10H18N2O3/c1-3-4-6-12-9(13)8(5-7-15-2)11-10(12)14/h8H,3-7H2,1-2H3,(H,11,14). The average molecular weight is 214 g/mol. The van der Waals surface area contributed by atoms with Gasteiger partial charge in [-0.1, -0.05) is 13.3 Å². The summed E-state index contributed by atoms with van der Waals surface area (Å²) in [5.74, 6) is -0.120. The molecule has 1 aliphatic heterocycles. The van der Waals surface area contributed by atoms with E-state index in [1.165, 1.54) is 4.90 Å². The number of imide groups is 1. The zero-order valence-electron chi connectivity index (χ0n) is 9.28. The molecule has 3 amide bonds. The van der Waals surface area contributed by atoms with Crippen molar-refractivity contribution in [3.8, 4) is 0 Å². The minimum absolute atomic E-state index is 0.120. The highest BCUT2D eigenvalue weighted by atomic mass is 16.5. The molecule has 0 radical (unpaired) electrons. The Morgan fingerprint density at radius 1 is 1.47 bits per heavy atom. The molecule has 0 spiro atoms. The Morgan fingerprint density at radius 2 is 2.20 bits per heavy atom. The number of hydrogen-bond donors (Lipinski definition) is 1. The van der Waals surface area contributed by atoms with E-state index in [1.54, 1.807) is 7.11 Å². The first-order valence-electron chi connectivity index (χ1n) is 5.31. The van der Waals surface area contributed by atoms with E-state index in [0.29, 0.717) is 19.6 Å². The van der Waals surface area contributed by atoms with Crippen LogP contribution < -0.4 is 5.32 Å². The number of unbranched alkanes of at least 4 members (excludes halogenated alkanes) is 1. The Labute approximate surface area is 89.8 Å². The lowest BCUT2D eigenvalue weighted by atomic mass is 10.2. The van der Waals surface area contributed by atoms with Crippen LogP contribution in [0.1, 0.15) is 26.2 Å². The van der Waals surface area contributed by atoms with Gasteiger partial charge in [-0.05, 0) is 6.42 Å². The molecule has 1 N–H and O–H groups in total. The minimum atomic E-state index is -0.394. The van der Waals surface area contributed by atoms with Crippen molar-refractivity contribution in [2.24, 2.45) is 0 Å². The van der Waals surface area contributed by atoms with Crippen LogP contribution >= 0.6 is 0 Å². The van der Waals surface area contributed by atoms with E-state index in [1.807, 2.05) is 6.92 Å². The highest BCUT2D eigenvalue weighted by Crippen LogP contribution is 2.10. The van der Waals surface area contributed by atoms with E-state index >= 15 is 0 Å². The number of nitrogens with zero attached hydrogens (tertiary/aromatic N) is 1. The zero-order chi connectivity index (χ0) is 11.3. The van der Waals surface area contributed by atoms with Gasteiger partial charge in [0.15, 0.2) is 0 Å². The van der Waals surface area contributed by atoms with Gasteiger partial charge in [0.25, 0.3) is 5.91 Å². The predicted octanol–water partition coefficient (Wildman–Crippen LogP) is 0.743. The van der Waals surface area contributed by atoms with Crippen LogP contribution in [0.2, 0.25) is 0 Å². The molecule has 1 rings (SSSR count). The van der Waals surface area contributed by atoms with E-state index in [4.69, 9.17) is 4.74 Å². The Kier molecular flexibility index (Phi) is 4.55. The number of methoxy groups -OCH3 is 1. The molecule has 0 aromatic heterocycles. The first kappa shape index (κ1) is 12.0. The Morgan fingerprint density at radius 3 is 2.80 bits per heavy atom. The van der Waals surface area contributed by atoms with Crippen molar-refractivity contribution in [3.63, 3.8) is 0 Å². The number of rotatable bonds is 6. The van der Waals surface area contributed by atoms with Crippen molar-refractivity contribution in [3.05, 3.63) is 0 Å². The van der Waals surface area contributed by atoms with E-state index < -0.39 is 6.04 Å². The van der Waals surface area contributed by atoms with Gasteiger partial charge in [0.1, 0.15) is 6.04 Å². The SMILES string of the molecule is CCCCN1C(=O)NC(CCOC)C1=O. The van der Waals surface area contributed by atoms with Gasteiger partial charge in [0.2, 0.25) is 0 Å². The first-order valence-corrected chi connectivity index (χ1v) is 5.31. The van der Waals surface area contributed by atoms with E-state index in [9.17, 15) is 9.59 Å². The molecule has 0 saturated carbocycles. The second-order valence-corrected chi connectivity index (χ2v) is 3.63. The molecule has 0 aromatic rings. The topological polar surface area (TPSA) is 58.6 Å². The Balaban J connectivity index is 2.46. The Hall–Kier alpha value is -1.10. The third-order valence-corrected chi connectivity index (χ3v) is 2.45. The van der Waals surface area contributed by atoms with Crippen LogP contribution in [0.25, 0.3) is 0 Å². The molecule has 1 saturated heterocycles. The van der Waals surface area contributed by atoms with Crippen molar-refractivity contribution in [1.82, 2.24) is 10.2 Å². The number of carbonyl (C=O) groups is 2. The average Bonchev–Trinajstić information content (AvgIpc) is 2.49. The Bertz CT molecular complexity index is 243. The number of hydrogen-bond acceptors (Lipinski definition) is 3. The van der Waals surface area contributed by atoms with Crippen LogP contribution in [-0.2, 0) is 9.53 Å². The number of urea groups is 1. The number of ether oxygens (including phenoxy) is 1. The number of nitrogens with one attached hydrogen (secondary N) is 1. The molecule has 1 fully saturated rings. The summed E-state index contributed by atoms with van der Waals surface area (Å²) in [4.78, 5) is 24.4. The first-order chi connectivity index (χ1) is 7.20. The summed E-state index contributed by atoms with van der Waals surface area (Å²) in [7, 11) is 1.58. The van der Waals surface area contributed by atoms with Crippen LogP contribution in [0.4, 0.5) is 4.79 Å². The summed E-state index contributed by atoms with van der Waals surface area (Å²) in [5, 5.41) is 2.65. The van der Waals surface area contributed by atoms with Crippen LogP contribution in [0.5, 0.6) is 0 Å². The molecule has 86 valence electrons. The number of carbonyl (C=O) groups excluding carboxylic acids is 2. The van der Waals surface area contributed by atoms with E-state index in [2.05, 4.69) is 5.32 Å². The van der Waals surface area contributed by atoms with Gasteiger partial charge in [0.05, 0.1) is 0 Å². The summed E-state index contributed by atoms with van der Waals surface area (Å²) in [6.07, 6.45) is 2.37. The summed E-state index contributed by atoms with van der Waals surface area (Å²) >= 11 is 0. The van der Waals surface area contributed by atoms with E-state index in [0.717, 1.165) is 12.8 Å². The lowest BCUT2D eigenvalue weighted by Crippen LogP contribution is -2.32. The molecule has 15 heavy (non-hydrogen) atoms. The summed E-state index contributed by atoms with van der Waals surface area (Å²) in [5.41, 5.74) is 0. The van der Waals surface area contributed by atoms with Crippen LogP contribution in [0.3, 0.4) is 0 Å². The molecule has 1 unspecified atom stereocenters. The third kappa shape index (κ3) is 2.92. The summed E-state index contributed by atoms with van der Waals surface area (Å²) < 4.78 is 4.88. The molecule has 5 nitrogen and oxygen atoms in total. The molecule has 1 atom stereocenters. The monoisotopic (exact) mass is 214 g/mol. The van der Waals surface area contributed by atoms with Crippen molar-refractivity contribution in [2.45, 2.75) is 32.2 Å². The molecule has 0 bridgehead atoms. The van der Waals surface area contributed by atoms with Crippen LogP contribution in [0.15, 0.2) is 0 Å². The largest absolute Gasteiger partial charge is 0.385 e. The molecule has 0 aromatic carbocycles. The predicted molar refractivity (Wildman–Crippen MR) is 55.4 cm³/mol. The van der Waals surface area contributed by atoms with Crippen LogP contribution in [0, 0.1) is 0 Å². The fourth-order valence-corrected chi connectivity index (χ4v) is 1.54. The lowest BCUT2D eigenvalue weighted by molar-refractivity contribution is -0.127. The molecule has 0 aliphatic carbocycles. The fraction of sp³-hybridized carbons (Fsp3) is 0.800. The van der Waals surface area contributed by atoms with Gasteiger partial charge in [-0.3, -0.25) is 9.69 Å². The third-order valence-electron chi connectivity index (χ3n) is 2.45. The maximum Gasteiger partial charge on any atom is 0.324 e. The van der Waals surface area contributed by atoms with Gasteiger partial charge < -0.3 is 10.1 Å². The summed E-state index contributed by atoms with van der Waals surface area (Å²) in [6, 6.07) is -0.663. The highest BCUT2D eigenvalue weighted by molar-refractivity contribution is 6.04. The van der Waals surface area contributed by atoms with Gasteiger partial charge in [0, 0.05) is 26.7 Å². The lowest BCUT2D eigenvalue weighted by Gasteiger charge is -2.11. The van der Waals surface area contributed by atoms with Crippen molar-refractivity contribution in [1.29, 1.82) is 0 Å². The van der Waals surface area contributed by atoms with Gasteiger partial charge in [-0.15, -0.1) is 0 Å². The summed E-state index contributed by atoms with van der Waals surface area (Å²) in [6.45, 7) is 3.03. The van der Waals surface area contributed by atoms with Crippen molar-refractivity contribution < 1.29 is 14.3 Å². The quantitative estimate of drug-likeness (QED) is 0.663. The zero-order valence-corrected chi connectivity index (χ0v) is 9.28. The van der Waals surface area contributed by atoms with Gasteiger partial charge in [-0.25, -0.2) is 4.79 Å². The molecule has 1 heterocycles. The van der Waals surface area contributed by atoms with E-state index in [-0.39, 0.29) is 11.9 Å².